The lowest BCUT2D eigenvalue weighted by atomic mass is 10.1. The maximum atomic E-state index is 11.7. The van der Waals surface area contributed by atoms with Crippen molar-refractivity contribution in [3.8, 4) is 11.5 Å². The number of carbonyl (C=O) groups is 1. The van der Waals surface area contributed by atoms with Gasteiger partial charge in [0.15, 0.2) is 11.5 Å². The van der Waals surface area contributed by atoms with E-state index in [1.165, 1.54) is 36.0 Å². The van der Waals surface area contributed by atoms with E-state index in [1.807, 2.05) is 0 Å². The van der Waals surface area contributed by atoms with E-state index < -0.39 is 11.6 Å². The number of hydrogen-bond acceptors (Lipinski definition) is 6. The predicted molar refractivity (Wildman–Crippen MR) is 88.8 cm³/mol. The number of phenols is 2. The summed E-state index contributed by atoms with van der Waals surface area (Å²) in [5.74, 6) is -1.44. The maximum Gasteiger partial charge on any atom is 0.336 e. The van der Waals surface area contributed by atoms with E-state index in [0.29, 0.717) is 21.6 Å². The Kier molecular flexibility index (Phi) is 4.18. The lowest BCUT2D eigenvalue weighted by Crippen LogP contribution is -2.01. The Morgan fingerprint density at radius 3 is 2.54 bits per heavy atom. The highest BCUT2D eigenvalue weighted by molar-refractivity contribution is 7.98. The SMILES string of the molecule is O=C(O)c1ccccc1SCc1cc(=O)oc2cc(O)c(O)cc12. The predicted octanol–water partition coefficient (Wildman–Crippen LogP) is 3.19. The smallest absolute Gasteiger partial charge is 0.336 e. The molecule has 1 heterocycles. The summed E-state index contributed by atoms with van der Waals surface area (Å²) >= 11 is 1.26. The van der Waals surface area contributed by atoms with Crippen LogP contribution in [0, 0.1) is 0 Å². The molecule has 3 rings (SSSR count). The first kappa shape index (κ1) is 15.9. The Labute approximate surface area is 140 Å². The summed E-state index contributed by atoms with van der Waals surface area (Å²) in [4.78, 5) is 23.5. The molecule has 0 unspecified atom stereocenters. The van der Waals surface area contributed by atoms with Gasteiger partial charge in [-0.05, 0) is 23.8 Å². The maximum absolute atomic E-state index is 11.7. The van der Waals surface area contributed by atoms with E-state index in [2.05, 4.69) is 0 Å². The Hall–Kier alpha value is -2.93. The second-order valence-electron chi connectivity index (χ2n) is 5.02. The molecule has 3 N–H and O–H groups in total. The Bertz CT molecular complexity index is 992. The molecular formula is C17H12O6S. The lowest BCUT2D eigenvalue weighted by Gasteiger charge is -2.08. The largest absolute Gasteiger partial charge is 0.504 e. The Balaban J connectivity index is 2.01. The number of rotatable bonds is 4. The topological polar surface area (TPSA) is 108 Å². The van der Waals surface area contributed by atoms with E-state index in [-0.39, 0.29) is 22.6 Å². The highest BCUT2D eigenvalue weighted by Crippen LogP contribution is 2.34. The number of hydrogen-bond donors (Lipinski definition) is 3. The minimum atomic E-state index is -1.03. The molecule has 0 spiro atoms. The molecule has 6 nitrogen and oxygen atoms in total. The van der Waals surface area contributed by atoms with E-state index >= 15 is 0 Å². The first-order valence-electron chi connectivity index (χ1n) is 6.89. The van der Waals surface area contributed by atoms with Gasteiger partial charge in [-0.25, -0.2) is 9.59 Å². The molecule has 0 aliphatic carbocycles. The zero-order valence-corrected chi connectivity index (χ0v) is 13.0. The first-order valence-corrected chi connectivity index (χ1v) is 7.88. The fourth-order valence-electron chi connectivity index (χ4n) is 2.29. The van der Waals surface area contributed by atoms with Crippen molar-refractivity contribution >= 4 is 28.7 Å². The van der Waals surface area contributed by atoms with E-state index in [4.69, 9.17) is 4.42 Å². The normalized spacial score (nSPS) is 10.8. The fraction of sp³-hybridized carbons (Fsp3) is 0.0588. The zero-order valence-electron chi connectivity index (χ0n) is 12.2. The number of carboxylic acid groups (broad SMARTS) is 1. The summed E-state index contributed by atoms with van der Waals surface area (Å²) in [5, 5.41) is 28.9. The number of aromatic hydroxyl groups is 2. The molecule has 1 aromatic heterocycles. The molecule has 0 aliphatic heterocycles. The van der Waals surface area contributed by atoms with Crippen LogP contribution >= 0.6 is 11.8 Å². The number of thioether (sulfide) groups is 1. The van der Waals surface area contributed by atoms with E-state index in [1.54, 1.807) is 18.2 Å². The highest BCUT2D eigenvalue weighted by Gasteiger charge is 2.13. The molecule has 3 aromatic rings. The first-order chi connectivity index (χ1) is 11.5. The van der Waals surface area contributed by atoms with Crippen LogP contribution < -0.4 is 5.63 Å². The van der Waals surface area contributed by atoms with Crippen LogP contribution in [0.15, 0.2) is 56.6 Å². The van der Waals surface area contributed by atoms with Crippen molar-refractivity contribution in [2.75, 3.05) is 0 Å². The molecule has 0 aliphatic rings. The summed E-state index contributed by atoms with van der Waals surface area (Å²) < 4.78 is 5.02. The third-order valence-electron chi connectivity index (χ3n) is 3.43. The molecule has 0 saturated carbocycles. The molecule has 0 saturated heterocycles. The summed E-state index contributed by atoms with van der Waals surface area (Å²) in [7, 11) is 0. The fourth-order valence-corrected chi connectivity index (χ4v) is 3.33. The van der Waals surface area contributed by atoms with Gasteiger partial charge in [0.05, 0.1) is 5.56 Å². The molecule has 0 fully saturated rings. The average Bonchev–Trinajstić information content (AvgIpc) is 2.54. The number of benzene rings is 2. The summed E-state index contributed by atoms with van der Waals surface area (Å²) in [6, 6.07) is 10.3. The van der Waals surface area contributed by atoms with E-state index in [0.717, 1.165) is 0 Å². The summed E-state index contributed by atoms with van der Waals surface area (Å²) in [5.41, 5.74) is 0.312. The van der Waals surface area contributed by atoms with Crippen LogP contribution in [0.4, 0.5) is 0 Å². The van der Waals surface area contributed by atoms with Crippen LogP contribution in [0.5, 0.6) is 11.5 Å². The van der Waals surface area contributed by atoms with Crippen LogP contribution in [-0.2, 0) is 5.75 Å². The molecule has 7 heteroatoms. The van der Waals surface area contributed by atoms with Crippen molar-refractivity contribution in [2.45, 2.75) is 10.6 Å². The van der Waals surface area contributed by atoms with Gasteiger partial charge in [-0.15, -0.1) is 11.8 Å². The third-order valence-corrected chi connectivity index (χ3v) is 4.55. The Morgan fingerprint density at radius 2 is 1.79 bits per heavy atom. The van der Waals surface area contributed by atoms with Gasteiger partial charge in [0.2, 0.25) is 0 Å². The molecule has 2 aromatic carbocycles. The number of carboxylic acids is 1. The van der Waals surface area contributed by atoms with Gasteiger partial charge in [-0.2, -0.15) is 0 Å². The number of aromatic carboxylic acids is 1. The third kappa shape index (κ3) is 3.07. The van der Waals surface area contributed by atoms with Crippen molar-refractivity contribution in [1.29, 1.82) is 0 Å². The van der Waals surface area contributed by atoms with Crippen molar-refractivity contribution < 1.29 is 24.5 Å². The molecule has 24 heavy (non-hydrogen) atoms. The van der Waals surface area contributed by atoms with Gasteiger partial charge >= 0.3 is 11.6 Å². The van der Waals surface area contributed by atoms with E-state index in [9.17, 15) is 24.9 Å². The number of fused-ring (bicyclic) bond motifs is 1. The van der Waals surface area contributed by atoms with Crippen LogP contribution in [0.2, 0.25) is 0 Å². The van der Waals surface area contributed by atoms with Crippen LogP contribution in [0.3, 0.4) is 0 Å². The van der Waals surface area contributed by atoms with Gasteiger partial charge in [-0.1, -0.05) is 12.1 Å². The van der Waals surface area contributed by atoms with Crippen molar-refractivity contribution in [2.24, 2.45) is 0 Å². The quantitative estimate of drug-likeness (QED) is 0.379. The summed E-state index contributed by atoms with van der Waals surface area (Å²) in [6.45, 7) is 0. The molecule has 0 radical (unpaired) electrons. The molecular weight excluding hydrogens is 332 g/mol. The van der Waals surface area contributed by atoms with Gasteiger partial charge in [0.25, 0.3) is 0 Å². The highest BCUT2D eigenvalue weighted by atomic mass is 32.2. The van der Waals surface area contributed by atoms with Crippen LogP contribution in [0.25, 0.3) is 11.0 Å². The lowest BCUT2D eigenvalue weighted by molar-refractivity contribution is 0.0693. The minimum Gasteiger partial charge on any atom is -0.504 e. The van der Waals surface area contributed by atoms with Crippen LogP contribution in [0.1, 0.15) is 15.9 Å². The second kappa shape index (κ2) is 6.29. The number of phenolic OH excluding ortho intramolecular Hbond substituents is 2. The second-order valence-corrected chi connectivity index (χ2v) is 6.03. The molecule has 0 bridgehead atoms. The summed E-state index contributed by atoms with van der Waals surface area (Å²) in [6.07, 6.45) is 0. The van der Waals surface area contributed by atoms with Crippen LogP contribution in [-0.4, -0.2) is 21.3 Å². The van der Waals surface area contributed by atoms with Crippen molar-refractivity contribution in [3.05, 3.63) is 64.0 Å². The molecule has 122 valence electrons. The van der Waals surface area contributed by atoms with Gasteiger partial charge in [0, 0.05) is 28.2 Å². The average molecular weight is 344 g/mol. The Morgan fingerprint density at radius 1 is 1.08 bits per heavy atom. The van der Waals surface area contributed by atoms with Gasteiger partial charge in [-0.3, -0.25) is 0 Å². The van der Waals surface area contributed by atoms with Crippen molar-refractivity contribution in [1.82, 2.24) is 0 Å². The standard InChI is InChI=1S/C17H12O6S/c18-12-6-11-9(5-16(20)23-14(11)7-13(12)19)8-24-15-4-2-1-3-10(15)17(21)22/h1-7,18-19H,8H2,(H,21,22). The zero-order chi connectivity index (χ0) is 17.3. The molecule has 0 atom stereocenters. The molecule has 0 amide bonds. The van der Waals surface area contributed by atoms with Crippen molar-refractivity contribution in [3.63, 3.8) is 0 Å². The van der Waals surface area contributed by atoms with Gasteiger partial charge in [0.1, 0.15) is 5.58 Å². The monoisotopic (exact) mass is 344 g/mol. The minimum absolute atomic E-state index is 0.153. The van der Waals surface area contributed by atoms with Gasteiger partial charge < -0.3 is 19.7 Å².